The average Bonchev–Trinajstić information content (AvgIpc) is 3.01. The summed E-state index contributed by atoms with van der Waals surface area (Å²) in [6, 6.07) is 0.143. The largest absolute Gasteiger partial charge is 0.359 e. The van der Waals surface area contributed by atoms with Crippen LogP contribution in [0.3, 0.4) is 0 Å². The van der Waals surface area contributed by atoms with Gasteiger partial charge in [0.25, 0.3) is 5.56 Å². The van der Waals surface area contributed by atoms with Crippen molar-refractivity contribution in [2.75, 3.05) is 11.9 Å². The fourth-order valence-electron chi connectivity index (χ4n) is 1.70. The van der Waals surface area contributed by atoms with Gasteiger partial charge in [-0.15, -0.1) is 0 Å². The van der Waals surface area contributed by atoms with E-state index in [2.05, 4.69) is 10.3 Å². The van der Waals surface area contributed by atoms with Crippen molar-refractivity contribution in [2.24, 2.45) is 5.73 Å². The molecule has 0 aliphatic heterocycles. The highest BCUT2D eigenvalue weighted by Gasteiger charge is 2.42. The number of hydrogen-bond donors (Lipinski definition) is 2. The summed E-state index contributed by atoms with van der Waals surface area (Å²) >= 11 is 0. The summed E-state index contributed by atoms with van der Waals surface area (Å²) in [7, 11) is 0. The Kier molecular flexibility index (Phi) is 2.71. The van der Waals surface area contributed by atoms with Crippen molar-refractivity contribution in [3.05, 3.63) is 22.7 Å². The first-order valence-corrected chi connectivity index (χ1v) is 5.63. The highest BCUT2D eigenvalue weighted by atomic mass is 16.1. The molecule has 88 valence electrons. The molecule has 5 nitrogen and oxygen atoms in total. The van der Waals surface area contributed by atoms with Gasteiger partial charge in [0, 0.05) is 25.0 Å². The lowest BCUT2D eigenvalue weighted by molar-refractivity contribution is 0.573. The van der Waals surface area contributed by atoms with E-state index >= 15 is 0 Å². The molecule has 1 aromatic rings. The lowest BCUT2D eigenvalue weighted by Gasteiger charge is -2.17. The lowest BCUT2D eigenvalue weighted by atomic mass is 10.3. The Labute approximate surface area is 94.7 Å². The van der Waals surface area contributed by atoms with E-state index in [1.54, 1.807) is 17.0 Å². The Balaban J connectivity index is 2.28. The monoisotopic (exact) mass is 222 g/mol. The first-order valence-electron chi connectivity index (χ1n) is 5.63. The van der Waals surface area contributed by atoms with E-state index in [0.717, 1.165) is 12.8 Å². The molecule has 1 saturated carbocycles. The zero-order valence-corrected chi connectivity index (χ0v) is 9.73. The molecule has 0 amide bonds. The summed E-state index contributed by atoms with van der Waals surface area (Å²) in [5, 5.41) is 3.17. The van der Waals surface area contributed by atoms with E-state index in [1.807, 2.05) is 13.8 Å². The molecular formula is C11H18N4O. The average molecular weight is 222 g/mol. The van der Waals surface area contributed by atoms with Crippen molar-refractivity contribution >= 4 is 5.82 Å². The van der Waals surface area contributed by atoms with Crippen LogP contribution in [0.15, 0.2) is 17.2 Å². The zero-order valence-electron chi connectivity index (χ0n) is 9.73. The van der Waals surface area contributed by atoms with Crippen LogP contribution in [0.5, 0.6) is 0 Å². The molecule has 1 aliphatic carbocycles. The number of nitrogens with two attached hydrogens (primary N) is 1. The molecule has 0 bridgehead atoms. The molecule has 1 heterocycles. The van der Waals surface area contributed by atoms with Crippen LogP contribution in [0.1, 0.15) is 32.7 Å². The number of nitrogens with zero attached hydrogens (tertiary/aromatic N) is 2. The summed E-state index contributed by atoms with van der Waals surface area (Å²) < 4.78 is 1.67. The summed E-state index contributed by atoms with van der Waals surface area (Å²) in [6.45, 7) is 4.49. The second-order valence-corrected chi connectivity index (χ2v) is 4.69. The standard InChI is InChI=1S/C11H18N4O/c1-8(2)15-6-5-13-9(10(15)16)14-11(7-12)3-4-11/h5-6,8H,3-4,7,12H2,1-2H3,(H,13,14). The van der Waals surface area contributed by atoms with Crippen LogP contribution in [0, 0.1) is 0 Å². The Morgan fingerprint density at radius 1 is 1.62 bits per heavy atom. The number of nitrogens with one attached hydrogen (secondary N) is 1. The van der Waals surface area contributed by atoms with Gasteiger partial charge in [-0.3, -0.25) is 4.79 Å². The SMILES string of the molecule is CC(C)n1ccnc(NC2(CN)CC2)c1=O. The molecule has 5 heteroatoms. The highest BCUT2D eigenvalue weighted by molar-refractivity contribution is 5.38. The van der Waals surface area contributed by atoms with Crippen LogP contribution in [0.4, 0.5) is 5.82 Å². The van der Waals surface area contributed by atoms with E-state index in [4.69, 9.17) is 5.73 Å². The smallest absolute Gasteiger partial charge is 0.293 e. The number of anilines is 1. The Morgan fingerprint density at radius 3 is 2.81 bits per heavy atom. The van der Waals surface area contributed by atoms with E-state index in [9.17, 15) is 4.79 Å². The van der Waals surface area contributed by atoms with Gasteiger partial charge in [-0.25, -0.2) is 4.98 Å². The highest BCUT2D eigenvalue weighted by Crippen LogP contribution is 2.36. The third-order valence-electron chi connectivity index (χ3n) is 3.05. The summed E-state index contributed by atoms with van der Waals surface area (Å²) in [5.41, 5.74) is 5.51. The maximum Gasteiger partial charge on any atom is 0.293 e. The lowest BCUT2D eigenvalue weighted by Crippen LogP contribution is -2.35. The van der Waals surface area contributed by atoms with Crippen LogP contribution < -0.4 is 16.6 Å². The van der Waals surface area contributed by atoms with E-state index in [0.29, 0.717) is 12.4 Å². The molecule has 1 fully saturated rings. The van der Waals surface area contributed by atoms with Crippen molar-refractivity contribution in [1.29, 1.82) is 0 Å². The van der Waals surface area contributed by atoms with E-state index < -0.39 is 0 Å². The normalized spacial score (nSPS) is 17.5. The Bertz CT molecular complexity index is 434. The van der Waals surface area contributed by atoms with Gasteiger partial charge in [0.15, 0.2) is 5.82 Å². The second kappa shape index (κ2) is 3.90. The second-order valence-electron chi connectivity index (χ2n) is 4.69. The summed E-state index contributed by atoms with van der Waals surface area (Å²) in [4.78, 5) is 16.1. The Morgan fingerprint density at radius 2 is 2.31 bits per heavy atom. The number of hydrogen-bond acceptors (Lipinski definition) is 4. The van der Waals surface area contributed by atoms with Crippen LogP contribution >= 0.6 is 0 Å². The molecule has 0 radical (unpaired) electrons. The predicted molar refractivity (Wildman–Crippen MR) is 63.5 cm³/mol. The molecule has 3 N–H and O–H groups in total. The third kappa shape index (κ3) is 1.95. The first kappa shape index (κ1) is 11.1. The molecule has 1 aromatic heterocycles. The number of rotatable bonds is 4. The molecule has 0 unspecified atom stereocenters. The topological polar surface area (TPSA) is 72.9 Å². The molecule has 0 spiro atoms. The van der Waals surface area contributed by atoms with Crippen molar-refractivity contribution in [3.63, 3.8) is 0 Å². The molecule has 16 heavy (non-hydrogen) atoms. The minimum atomic E-state index is -0.0810. The van der Waals surface area contributed by atoms with Crippen LogP contribution in [-0.2, 0) is 0 Å². The maximum atomic E-state index is 12.0. The van der Waals surface area contributed by atoms with Gasteiger partial charge in [0.2, 0.25) is 0 Å². The maximum absolute atomic E-state index is 12.0. The van der Waals surface area contributed by atoms with Gasteiger partial charge in [0.1, 0.15) is 0 Å². The minimum Gasteiger partial charge on any atom is -0.359 e. The molecule has 1 aliphatic rings. The van der Waals surface area contributed by atoms with E-state index in [-0.39, 0.29) is 17.1 Å². The molecule has 0 saturated heterocycles. The van der Waals surface area contributed by atoms with Crippen molar-refractivity contribution in [3.8, 4) is 0 Å². The Hall–Kier alpha value is -1.36. The van der Waals surface area contributed by atoms with Crippen molar-refractivity contribution < 1.29 is 0 Å². The molecule has 2 rings (SSSR count). The summed E-state index contributed by atoms with van der Waals surface area (Å²) in [5.74, 6) is 0.416. The van der Waals surface area contributed by atoms with Gasteiger partial charge >= 0.3 is 0 Å². The quantitative estimate of drug-likeness (QED) is 0.787. The summed E-state index contributed by atoms with van der Waals surface area (Å²) in [6.07, 6.45) is 5.39. The van der Waals surface area contributed by atoms with Crippen LogP contribution in [-0.4, -0.2) is 21.6 Å². The fourth-order valence-corrected chi connectivity index (χ4v) is 1.70. The van der Waals surface area contributed by atoms with Gasteiger partial charge in [-0.2, -0.15) is 0 Å². The molecular weight excluding hydrogens is 204 g/mol. The van der Waals surface area contributed by atoms with E-state index in [1.165, 1.54) is 0 Å². The molecule has 0 atom stereocenters. The van der Waals surface area contributed by atoms with Crippen LogP contribution in [0.25, 0.3) is 0 Å². The minimum absolute atomic E-state index is 0.0720. The fraction of sp³-hybridized carbons (Fsp3) is 0.636. The van der Waals surface area contributed by atoms with Gasteiger partial charge < -0.3 is 15.6 Å². The van der Waals surface area contributed by atoms with Crippen molar-refractivity contribution in [1.82, 2.24) is 9.55 Å². The van der Waals surface area contributed by atoms with Gasteiger partial charge in [0.05, 0.1) is 5.54 Å². The van der Waals surface area contributed by atoms with Crippen molar-refractivity contribution in [2.45, 2.75) is 38.3 Å². The molecule has 0 aromatic carbocycles. The predicted octanol–water partition coefficient (Wildman–Crippen LogP) is 0.727. The van der Waals surface area contributed by atoms with Gasteiger partial charge in [-0.05, 0) is 26.7 Å². The van der Waals surface area contributed by atoms with Gasteiger partial charge in [-0.1, -0.05) is 0 Å². The zero-order chi connectivity index (χ0) is 11.8. The number of aromatic nitrogens is 2. The first-order chi connectivity index (χ1) is 7.58. The third-order valence-corrected chi connectivity index (χ3v) is 3.05. The van der Waals surface area contributed by atoms with Crippen LogP contribution in [0.2, 0.25) is 0 Å².